The average molecular weight is 549 g/mol. The van der Waals surface area contributed by atoms with Crippen LogP contribution in [-0.2, 0) is 21.9 Å². The zero-order valence-corrected chi connectivity index (χ0v) is 21.9. The Bertz CT molecular complexity index is 1410. The summed E-state index contributed by atoms with van der Waals surface area (Å²) >= 11 is 0. The zero-order chi connectivity index (χ0) is 27.1. The van der Waals surface area contributed by atoms with Gasteiger partial charge in [-0.2, -0.15) is 13.2 Å². The normalized spacial score (nSPS) is 23.1. The van der Waals surface area contributed by atoms with Crippen molar-refractivity contribution < 1.29 is 26.4 Å². The Morgan fingerprint density at radius 3 is 2.42 bits per heavy atom. The Morgan fingerprint density at radius 2 is 1.74 bits per heavy atom. The van der Waals surface area contributed by atoms with Crippen molar-refractivity contribution in [3.8, 4) is 11.3 Å². The van der Waals surface area contributed by atoms with Gasteiger partial charge in [0, 0.05) is 55.2 Å². The third kappa shape index (κ3) is 5.45. The number of sulfonamides is 1. The van der Waals surface area contributed by atoms with Crippen LogP contribution in [0.15, 0.2) is 59.5 Å². The first-order chi connectivity index (χ1) is 18.0. The second kappa shape index (κ2) is 10.3. The Balaban J connectivity index is 1.23. The van der Waals surface area contributed by atoms with Gasteiger partial charge in [-0.15, -0.1) is 0 Å². The number of alkyl halides is 3. The number of nitrogens with one attached hydrogen (secondary N) is 2. The van der Waals surface area contributed by atoms with E-state index in [-0.39, 0.29) is 42.4 Å². The van der Waals surface area contributed by atoms with Crippen LogP contribution in [0.5, 0.6) is 0 Å². The highest BCUT2D eigenvalue weighted by Crippen LogP contribution is 2.31. The van der Waals surface area contributed by atoms with Crippen LogP contribution in [0.2, 0.25) is 0 Å². The smallest absolute Gasteiger partial charge is 0.344 e. The van der Waals surface area contributed by atoms with E-state index >= 15 is 0 Å². The zero-order valence-electron chi connectivity index (χ0n) is 21.0. The molecule has 1 saturated heterocycles. The molecule has 1 atom stereocenters. The number of piperazine rings is 1. The highest BCUT2D eigenvalue weighted by Gasteiger charge is 2.43. The minimum absolute atomic E-state index is 0.101. The summed E-state index contributed by atoms with van der Waals surface area (Å²) in [5.41, 5.74) is 2.82. The maximum Gasteiger partial charge on any atom is 0.405 e. The van der Waals surface area contributed by atoms with E-state index in [1.54, 1.807) is 18.2 Å². The molecule has 1 saturated carbocycles. The highest BCUT2D eigenvalue weighted by atomic mass is 32.2. The fourth-order valence-corrected chi connectivity index (χ4v) is 6.86. The largest absolute Gasteiger partial charge is 0.405 e. The van der Waals surface area contributed by atoms with Crippen molar-refractivity contribution in [2.24, 2.45) is 13.0 Å². The molecular formula is C27H31F3N4O3S. The first-order valence-corrected chi connectivity index (χ1v) is 14.3. The molecule has 7 nitrogen and oxygen atoms in total. The van der Waals surface area contributed by atoms with Gasteiger partial charge >= 0.3 is 6.18 Å². The van der Waals surface area contributed by atoms with Gasteiger partial charge in [-0.25, -0.2) is 13.1 Å². The van der Waals surface area contributed by atoms with Crippen molar-refractivity contribution >= 4 is 26.8 Å². The minimum Gasteiger partial charge on any atom is -0.344 e. The van der Waals surface area contributed by atoms with Crippen LogP contribution in [0.25, 0.3) is 22.2 Å². The van der Waals surface area contributed by atoms with Crippen molar-refractivity contribution in [3.05, 3.63) is 54.6 Å². The molecule has 2 heterocycles. The number of aromatic nitrogens is 1. The lowest BCUT2D eigenvalue weighted by molar-refractivity contribution is -0.169. The number of halogens is 3. The highest BCUT2D eigenvalue weighted by molar-refractivity contribution is 7.89. The maximum atomic E-state index is 13.2. The summed E-state index contributed by atoms with van der Waals surface area (Å²) in [6, 6.07) is 14.9. The van der Waals surface area contributed by atoms with Crippen LogP contribution >= 0.6 is 0 Å². The minimum atomic E-state index is -4.40. The van der Waals surface area contributed by atoms with Crippen LogP contribution in [0.1, 0.15) is 25.7 Å². The number of rotatable bonds is 5. The number of carbonyl (C=O) groups excluding carboxylic acids is 1. The predicted molar refractivity (Wildman–Crippen MR) is 139 cm³/mol. The van der Waals surface area contributed by atoms with E-state index < -0.39 is 22.2 Å². The summed E-state index contributed by atoms with van der Waals surface area (Å²) < 4.78 is 70.5. The third-order valence-corrected chi connectivity index (χ3v) is 9.20. The molecule has 1 aliphatic heterocycles. The first kappa shape index (κ1) is 26.7. The Kier molecular flexibility index (Phi) is 7.27. The van der Waals surface area contributed by atoms with Gasteiger partial charge in [0.15, 0.2) is 0 Å². The Hall–Kier alpha value is -2.89. The number of hydrogen-bond acceptors (Lipinski definition) is 4. The molecule has 2 fully saturated rings. The Morgan fingerprint density at radius 1 is 1.03 bits per heavy atom. The van der Waals surface area contributed by atoms with Crippen molar-refractivity contribution in [1.82, 2.24) is 19.5 Å². The van der Waals surface area contributed by atoms with Gasteiger partial charge in [-0.3, -0.25) is 4.79 Å². The van der Waals surface area contributed by atoms with Crippen molar-refractivity contribution in [2.75, 3.05) is 19.6 Å². The summed E-state index contributed by atoms with van der Waals surface area (Å²) in [5, 5.41) is 3.36. The molecule has 0 unspecified atom stereocenters. The van der Waals surface area contributed by atoms with Gasteiger partial charge in [-0.1, -0.05) is 36.4 Å². The summed E-state index contributed by atoms with van der Waals surface area (Å²) in [4.78, 5) is 14.4. The standard InChI is InChI=1S/C27H31F3N4O3S/c1-33-23(18-5-3-2-4-6-18)15-20-9-12-22(16-24(20)33)38(36,37)32-21-10-7-19(8-11-21)26(35)34-14-13-31-25(17-34)27(28,29)30/h2-6,9,12,15-16,19,21,25,31-32H,7-8,10-11,13-14,17H2,1H3/t19?,21?,25-/m0/s1. The number of benzene rings is 2. The molecule has 1 amide bonds. The van der Waals surface area contributed by atoms with Crippen LogP contribution < -0.4 is 10.0 Å². The van der Waals surface area contributed by atoms with Gasteiger partial charge < -0.3 is 14.8 Å². The van der Waals surface area contributed by atoms with Crippen LogP contribution in [-0.4, -0.2) is 61.7 Å². The fraction of sp³-hybridized carbons (Fsp3) is 0.444. The van der Waals surface area contributed by atoms with Gasteiger partial charge in [0.25, 0.3) is 0 Å². The second-order valence-electron chi connectivity index (χ2n) is 10.2. The summed E-state index contributed by atoms with van der Waals surface area (Å²) in [5.74, 6) is -0.663. The van der Waals surface area contributed by atoms with Crippen molar-refractivity contribution in [1.29, 1.82) is 0 Å². The number of nitrogens with zero attached hydrogens (tertiary/aromatic N) is 2. The predicted octanol–water partition coefficient (Wildman–Crippen LogP) is 4.05. The first-order valence-electron chi connectivity index (χ1n) is 12.8. The topological polar surface area (TPSA) is 83.4 Å². The summed E-state index contributed by atoms with van der Waals surface area (Å²) in [7, 11) is -1.89. The van der Waals surface area contributed by atoms with E-state index in [0.29, 0.717) is 25.7 Å². The fourth-order valence-electron chi connectivity index (χ4n) is 5.54. The van der Waals surface area contributed by atoms with Gasteiger partial charge in [0.1, 0.15) is 6.04 Å². The average Bonchev–Trinajstić information content (AvgIpc) is 3.24. The van der Waals surface area contributed by atoms with Crippen LogP contribution in [0, 0.1) is 5.92 Å². The molecule has 0 radical (unpaired) electrons. The lowest BCUT2D eigenvalue weighted by atomic mass is 9.85. The molecular weight excluding hydrogens is 517 g/mol. The molecule has 0 spiro atoms. The van der Waals surface area contributed by atoms with Gasteiger partial charge in [0.2, 0.25) is 15.9 Å². The number of fused-ring (bicyclic) bond motifs is 1. The SMILES string of the molecule is Cn1c(-c2ccccc2)cc2ccc(S(=O)(=O)NC3CCC(C(=O)N4CCN[C@H](C(F)(F)F)C4)CC3)cc21. The van der Waals surface area contributed by atoms with Crippen LogP contribution in [0.3, 0.4) is 0 Å². The molecule has 0 bridgehead atoms. The molecule has 1 aliphatic carbocycles. The Labute approximate surface area is 220 Å². The molecule has 1 aromatic heterocycles. The quantitative estimate of drug-likeness (QED) is 0.504. The number of aryl methyl sites for hydroxylation is 1. The molecule has 3 aromatic rings. The molecule has 2 N–H and O–H groups in total. The molecule has 2 aliphatic rings. The summed E-state index contributed by atoms with van der Waals surface area (Å²) in [6.07, 6.45) is -2.63. The van der Waals surface area contributed by atoms with Gasteiger partial charge in [0.05, 0.1) is 4.90 Å². The van der Waals surface area contributed by atoms with Gasteiger partial charge in [-0.05, 0) is 49.4 Å². The van der Waals surface area contributed by atoms with Crippen LogP contribution in [0.4, 0.5) is 13.2 Å². The summed E-state index contributed by atoms with van der Waals surface area (Å²) in [6.45, 7) is -0.0442. The maximum absolute atomic E-state index is 13.2. The monoisotopic (exact) mass is 548 g/mol. The molecule has 5 rings (SSSR count). The molecule has 2 aromatic carbocycles. The van der Waals surface area contributed by atoms with E-state index in [0.717, 1.165) is 22.2 Å². The van der Waals surface area contributed by atoms with E-state index in [1.165, 1.54) is 4.90 Å². The van der Waals surface area contributed by atoms with E-state index in [2.05, 4.69) is 10.0 Å². The molecule has 204 valence electrons. The molecule has 38 heavy (non-hydrogen) atoms. The van der Waals surface area contributed by atoms with E-state index in [9.17, 15) is 26.4 Å². The lowest BCUT2D eigenvalue weighted by Crippen LogP contribution is -2.59. The number of amides is 1. The van der Waals surface area contributed by atoms with Crippen molar-refractivity contribution in [3.63, 3.8) is 0 Å². The lowest BCUT2D eigenvalue weighted by Gasteiger charge is -2.38. The van der Waals surface area contributed by atoms with E-state index in [4.69, 9.17) is 0 Å². The number of hydrogen-bond donors (Lipinski definition) is 2. The molecule has 11 heteroatoms. The third-order valence-electron chi connectivity index (χ3n) is 7.68. The van der Waals surface area contributed by atoms with E-state index in [1.807, 2.05) is 48.0 Å². The van der Waals surface area contributed by atoms with Crippen molar-refractivity contribution in [2.45, 2.75) is 48.8 Å². The number of carbonyl (C=O) groups is 1. The second-order valence-corrected chi connectivity index (χ2v) is 11.9.